The lowest BCUT2D eigenvalue weighted by molar-refractivity contribution is -0.893. The van der Waals surface area contributed by atoms with Gasteiger partial charge >= 0.3 is 0 Å². The lowest BCUT2D eigenvalue weighted by Gasteiger charge is -2.17. The highest BCUT2D eigenvalue weighted by Gasteiger charge is 2.21. The van der Waals surface area contributed by atoms with Crippen molar-refractivity contribution in [3.63, 3.8) is 0 Å². The number of anilines is 2. The molecular weight excluding hydrogens is 390 g/mol. The molecule has 2 aromatic rings. The second kappa shape index (κ2) is 9.76. The topological polar surface area (TPSA) is 63.1 Å². The second-order valence-corrected chi connectivity index (χ2v) is 7.77. The van der Waals surface area contributed by atoms with Crippen molar-refractivity contribution in [2.75, 3.05) is 37.5 Å². The maximum Gasteiger partial charge on any atom is 0.230 e. The van der Waals surface area contributed by atoms with E-state index in [2.05, 4.69) is 5.32 Å². The first-order chi connectivity index (χ1) is 14.0. The van der Waals surface area contributed by atoms with E-state index in [9.17, 15) is 9.59 Å². The number of amides is 2. The molecule has 1 fully saturated rings. The number of rotatable bonds is 8. The Morgan fingerprint density at radius 3 is 2.66 bits per heavy atom. The maximum atomic E-state index is 12.3. The SMILES string of the molecule is COc1ccc(Cl)cc1C[NH+](C)CCC(=O)Nc1ccc(N2CCCC2=O)cc1. The first kappa shape index (κ1) is 21.1. The Balaban J connectivity index is 1.48. The Hall–Kier alpha value is -2.57. The van der Waals surface area contributed by atoms with Gasteiger partial charge in [-0.1, -0.05) is 11.6 Å². The van der Waals surface area contributed by atoms with Gasteiger partial charge in [0.25, 0.3) is 0 Å². The number of ether oxygens (including phenoxy) is 1. The van der Waals surface area contributed by atoms with Crippen LogP contribution in [0.2, 0.25) is 5.02 Å². The summed E-state index contributed by atoms with van der Waals surface area (Å²) < 4.78 is 5.38. The summed E-state index contributed by atoms with van der Waals surface area (Å²) in [7, 11) is 3.68. The van der Waals surface area contributed by atoms with Crippen LogP contribution in [-0.2, 0) is 16.1 Å². The quantitative estimate of drug-likeness (QED) is 0.695. The molecule has 154 valence electrons. The zero-order valence-corrected chi connectivity index (χ0v) is 17.6. The molecule has 1 aliphatic rings. The highest BCUT2D eigenvalue weighted by atomic mass is 35.5. The second-order valence-electron chi connectivity index (χ2n) is 7.33. The van der Waals surface area contributed by atoms with Gasteiger partial charge in [-0.3, -0.25) is 9.59 Å². The number of carbonyl (C=O) groups is 2. The molecule has 7 heteroatoms. The highest BCUT2D eigenvalue weighted by Crippen LogP contribution is 2.23. The zero-order valence-electron chi connectivity index (χ0n) is 16.8. The standard InChI is InChI=1S/C22H26ClN3O3/c1-25(15-16-14-17(23)5-10-20(16)29-2)13-11-21(27)24-18-6-8-19(9-7-18)26-12-3-4-22(26)28/h5-10,14H,3-4,11-13,15H2,1-2H3,(H,24,27)/p+1. The monoisotopic (exact) mass is 416 g/mol. The van der Waals surface area contributed by atoms with Crippen molar-refractivity contribution in [3.8, 4) is 5.75 Å². The maximum absolute atomic E-state index is 12.3. The van der Waals surface area contributed by atoms with Crippen molar-refractivity contribution in [2.24, 2.45) is 0 Å². The van der Waals surface area contributed by atoms with Gasteiger partial charge in [0.15, 0.2) is 0 Å². The molecule has 1 aliphatic heterocycles. The summed E-state index contributed by atoms with van der Waals surface area (Å²) >= 11 is 6.09. The molecule has 2 amide bonds. The van der Waals surface area contributed by atoms with Gasteiger partial charge in [0.2, 0.25) is 11.8 Å². The van der Waals surface area contributed by atoms with Crippen molar-refractivity contribution in [1.29, 1.82) is 0 Å². The molecule has 0 saturated carbocycles. The fourth-order valence-electron chi connectivity index (χ4n) is 3.50. The predicted octanol–water partition coefficient (Wildman–Crippen LogP) is 2.52. The minimum atomic E-state index is -0.0348. The van der Waals surface area contributed by atoms with Crippen LogP contribution in [0.1, 0.15) is 24.8 Å². The number of quaternary nitrogens is 1. The molecule has 1 unspecified atom stereocenters. The van der Waals surface area contributed by atoms with Gasteiger partial charge in [0, 0.05) is 34.9 Å². The molecule has 3 rings (SSSR count). The van der Waals surface area contributed by atoms with Crippen molar-refractivity contribution in [2.45, 2.75) is 25.8 Å². The molecule has 2 aromatic carbocycles. The van der Waals surface area contributed by atoms with Gasteiger partial charge in [0.1, 0.15) is 12.3 Å². The molecule has 0 aliphatic carbocycles. The summed E-state index contributed by atoms with van der Waals surface area (Å²) in [5, 5.41) is 3.59. The Kier molecular flexibility index (Phi) is 7.12. The zero-order chi connectivity index (χ0) is 20.8. The van der Waals surface area contributed by atoms with Crippen LogP contribution in [0.4, 0.5) is 11.4 Å². The van der Waals surface area contributed by atoms with Crippen molar-refractivity contribution >= 4 is 34.8 Å². The van der Waals surface area contributed by atoms with Crippen LogP contribution in [0.3, 0.4) is 0 Å². The predicted molar refractivity (Wildman–Crippen MR) is 115 cm³/mol. The summed E-state index contributed by atoms with van der Waals surface area (Å²) in [6.07, 6.45) is 1.91. The number of carbonyl (C=O) groups excluding carboxylic acids is 2. The summed E-state index contributed by atoms with van der Waals surface area (Å²) in [6, 6.07) is 13.0. The van der Waals surface area contributed by atoms with E-state index in [-0.39, 0.29) is 11.8 Å². The van der Waals surface area contributed by atoms with Crippen LogP contribution in [-0.4, -0.2) is 39.1 Å². The van der Waals surface area contributed by atoms with Gasteiger partial charge in [-0.05, 0) is 48.9 Å². The van der Waals surface area contributed by atoms with Crippen LogP contribution in [0.25, 0.3) is 0 Å². The number of hydrogen-bond donors (Lipinski definition) is 2. The van der Waals surface area contributed by atoms with E-state index in [0.29, 0.717) is 24.4 Å². The number of nitrogens with one attached hydrogen (secondary N) is 2. The minimum absolute atomic E-state index is 0.0348. The van der Waals surface area contributed by atoms with E-state index in [1.54, 1.807) is 18.1 Å². The van der Waals surface area contributed by atoms with Gasteiger partial charge in [0.05, 0.1) is 27.1 Å². The molecular formula is C22H27ClN3O3+. The number of halogens is 1. The van der Waals surface area contributed by atoms with E-state index < -0.39 is 0 Å². The summed E-state index contributed by atoms with van der Waals surface area (Å²) in [6.45, 7) is 2.16. The third-order valence-electron chi connectivity index (χ3n) is 5.05. The third kappa shape index (κ3) is 5.71. The minimum Gasteiger partial charge on any atom is -0.496 e. The number of nitrogens with zero attached hydrogens (tertiary/aromatic N) is 1. The van der Waals surface area contributed by atoms with Gasteiger partial charge in [-0.15, -0.1) is 0 Å². The number of methoxy groups -OCH3 is 1. The summed E-state index contributed by atoms with van der Waals surface area (Å²) in [5.41, 5.74) is 2.63. The Bertz CT molecular complexity index is 870. The van der Waals surface area contributed by atoms with E-state index in [1.165, 1.54) is 4.90 Å². The van der Waals surface area contributed by atoms with E-state index in [0.717, 1.165) is 42.2 Å². The molecule has 1 saturated heterocycles. The molecule has 29 heavy (non-hydrogen) atoms. The van der Waals surface area contributed by atoms with Crippen molar-refractivity contribution < 1.29 is 19.2 Å². The average molecular weight is 417 g/mol. The fourth-order valence-corrected chi connectivity index (χ4v) is 3.69. The Labute approximate surface area is 176 Å². The molecule has 0 spiro atoms. The Morgan fingerprint density at radius 2 is 2.00 bits per heavy atom. The summed E-state index contributed by atoms with van der Waals surface area (Å²) in [5.74, 6) is 0.923. The summed E-state index contributed by atoms with van der Waals surface area (Å²) in [4.78, 5) is 27.1. The van der Waals surface area contributed by atoms with E-state index >= 15 is 0 Å². The lowest BCUT2D eigenvalue weighted by Crippen LogP contribution is -3.07. The number of benzene rings is 2. The lowest BCUT2D eigenvalue weighted by atomic mass is 10.2. The Morgan fingerprint density at radius 1 is 1.24 bits per heavy atom. The van der Waals surface area contributed by atoms with Gasteiger partial charge < -0.3 is 19.9 Å². The van der Waals surface area contributed by atoms with E-state index in [4.69, 9.17) is 16.3 Å². The molecule has 0 radical (unpaired) electrons. The third-order valence-corrected chi connectivity index (χ3v) is 5.28. The van der Waals surface area contributed by atoms with Gasteiger partial charge in [-0.2, -0.15) is 0 Å². The van der Waals surface area contributed by atoms with Crippen LogP contribution in [0, 0.1) is 0 Å². The molecule has 1 atom stereocenters. The fraction of sp³-hybridized carbons (Fsp3) is 0.364. The molecule has 0 aromatic heterocycles. The molecule has 2 N–H and O–H groups in total. The average Bonchev–Trinajstić information content (AvgIpc) is 3.13. The molecule has 0 bridgehead atoms. The smallest absolute Gasteiger partial charge is 0.230 e. The van der Waals surface area contributed by atoms with Crippen molar-refractivity contribution in [1.82, 2.24) is 0 Å². The van der Waals surface area contributed by atoms with Crippen LogP contribution in [0.15, 0.2) is 42.5 Å². The van der Waals surface area contributed by atoms with Crippen LogP contribution in [0.5, 0.6) is 5.75 Å². The highest BCUT2D eigenvalue weighted by molar-refractivity contribution is 6.30. The van der Waals surface area contributed by atoms with Crippen LogP contribution >= 0.6 is 11.6 Å². The molecule has 1 heterocycles. The van der Waals surface area contributed by atoms with Gasteiger partial charge in [-0.25, -0.2) is 0 Å². The molecule has 6 nitrogen and oxygen atoms in total. The number of hydrogen-bond acceptors (Lipinski definition) is 3. The normalized spacial score (nSPS) is 14.7. The van der Waals surface area contributed by atoms with E-state index in [1.807, 2.05) is 43.4 Å². The van der Waals surface area contributed by atoms with Crippen molar-refractivity contribution in [3.05, 3.63) is 53.1 Å². The van der Waals surface area contributed by atoms with Crippen LogP contribution < -0.4 is 19.9 Å². The largest absolute Gasteiger partial charge is 0.496 e. The first-order valence-electron chi connectivity index (χ1n) is 9.80. The first-order valence-corrected chi connectivity index (χ1v) is 10.2.